The molecule has 0 aliphatic carbocycles. The van der Waals surface area contributed by atoms with Crippen molar-refractivity contribution in [1.29, 1.82) is 0 Å². The second kappa shape index (κ2) is 6.83. The van der Waals surface area contributed by atoms with Gasteiger partial charge in [-0.2, -0.15) is 0 Å². The molecule has 0 saturated carbocycles. The number of carbonyl (C=O) groups is 1. The number of methoxy groups -OCH3 is 1. The average Bonchev–Trinajstić information content (AvgIpc) is 3.45. The van der Waals surface area contributed by atoms with Crippen LogP contribution >= 0.6 is 0 Å². The van der Waals surface area contributed by atoms with Crippen molar-refractivity contribution in [3.05, 3.63) is 59.7 Å². The Hall–Kier alpha value is -3.35. The summed E-state index contributed by atoms with van der Waals surface area (Å²) in [4.78, 5) is 16.7. The van der Waals surface area contributed by atoms with Gasteiger partial charge in [-0.3, -0.25) is 4.79 Å². The molecule has 1 amide bonds. The molecule has 1 aliphatic rings. The highest BCUT2D eigenvalue weighted by Crippen LogP contribution is 2.43. The molecule has 0 bridgehead atoms. The van der Waals surface area contributed by atoms with E-state index in [1.165, 1.54) is 0 Å². The summed E-state index contributed by atoms with van der Waals surface area (Å²) < 4.78 is 8.09. The SMILES string of the molecule is CNCC(Cn1c2ccccc2c2c3c(c4c5ccccc5[nH]c4c21)CNC3=O)OC. The summed E-state index contributed by atoms with van der Waals surface area (Å²) in [5.41, 5.74) is 6.25. The van der Waals surface area contributed by atoms with Gasteiger partial charge in [0.2, 0.25) is 0 Å². The summed E-state index contributed by atoms with van der Waals surface area (Å²) in [5.74, 6) is 0.00796. The maximum absolute atomic E-state index is 13.0. The second-order valence-corrected chi connectivity index (χ2v) is 8.22. The number of hydrogen-bond acceptors (Lipinski definition) is 3. The van der Waals surface area contributed by atoms with Gasteiger partial charge in [0.15, 0.2) is 0 Å². The molecule has 3 heterocycles. The lowest BCUT2D eigenvalue weighted by molar-refractivity contribution is 0.0908. The largest absolute Gasteiger partial charge is 0.378 e. The predicted molar refractivity (Wildman–Crippen MR) is 125 cm³/mol. The Morgan fingerprint density at radius 1 is 1.10 bits per heavy atom. The molecule has 0 spiro atoms. The van der Waals surface area contributed by atoms with Crippen LogP contribution < -0.4 is 10.6 Å². The first-order valence-corrected chi connectivity index (χ1v) is 10.6. The number of hydrogen-bond donors (Lipinski definition) is 3. The maximum atomic E-state index is 13.0. The van der Waals surface area contributed by atoms with Gasteiger partial charge in [0.05, 0.1) is 29.2 Å². The normalized spacial score (nSPS) is 14.7. The van der Waals surface area contributed by atoms with Crippen LogP contribution in [0.1, 0.15) is 15.9 Å². The molecule has 0 radical (unpaired) electrons. The number of nitrogens with one attached hydrogen (secondary N) is 3. The molecule has 5 aromatic rings. The fourth-order valence-corrected chi connectivity index (χ4v) is 5.25. The van der Waals surface area contributed by atoms with Gasteiger partial charge in [-0.1, -0.05) is 36.4 Å². The van der Waals surface area contributed by atoms with Crippen LogP contribution in [0.2, 0.25) is 0 Å². The van der Waals surface area contributed by atoms with Crippen molar-refractivity contribution in [2.75, 3.05) is 20.7 Å². The number of rotatable bonds is 5. The third kappa shape index (κ3) is 2.49. The number of aromatic nitrogens is 2. The first-order valence-electron chi connectivity index (χ1n) is 10.6. The molecule has 6 rings (SSSR count). The van der Waals surface area contributed by atoms with Crippen molar-refractivity contribution in [2.24, 2.45) is 0 Å². The van der Waals surface area contributed by atoms with Gasteiger partial charge in [0, 0.05) is 52.8 Å². The summed E-state index contributed by atoms with van der Waals surface area (Å²) in [6, 6.07) is 16.7. The molecule has 1 atom stereocenters. The number of para-hydroxylation sites is 2. The van der Waals surface area contributed by atoms with Crippen molar-refractivity contribution < 1.29 is 9.53 Å². The van der Waals surface area contributed by atoms with Crippen LogP contribution in [0.25, 0.3) is 43.6 Å². The lowest BCUT2D eigenvalue weighted by Crippen LogP contribution is -2.29. The van der Waals surface area contributed by atoms with E-state index < -0.39 is 0 Å². The summed E-state index contributed by atoms with van der Waals surface area (Å²) in [7, 11) is 3.69. The number of amides is 1. The van der Waals surface area contributed by atoms with Gasteiger partial charge in [-0.25, -0.2) is 0 Å². The highest BCUT2D eigenvalue weighted by atomic mass is 16.5. The number of fused-ring (bicyclic) bond motifs is 10. The van der Waals surface area contributed by atoms with Gasteiger partial charge in [-0.15, -0.1) is 0 Å². The Morgan fingerprint density at radius 2 is 1.87 bits per heavy atom. The first-order chi connectivity index (χ1) is 15.2. The van der Waals surface area contributed by atoms with Crippen LogP contribution in [0.4, 0.5) is 0 Å². The minimum absolute atomic E-state index is 0.00511. The molecular formula is C25H24N4O2. The summed E-state index contributed by atoms with van der Waals surface area (Å²) >= 11 is 0. The minimum Gasteiger partial charge on any atom is -0.378 e. The molecule has 0 saturated heterocycles. The van der Waals surface area contributed by atoms with Gasteiger partial charge in [0.25, 0.3) is 5.91 Å². The van der Waals surface area contributed by atoms with Gasteiger partial charge in [-0.05, 0) is 24.7 Å². The van der Waals surface area contributed by atoms with Crippen LogP contribution in [0, 0.1) is 0 Å². The molecule has 0 fully saturated rings. The fourth-order valence-electron chi connectivity index (χ4n) is 5.25. The third-order valence-corrected chi connectivity index (χ3v) is 6.57. The lowest BCUT2D eigenvalue weighted by Gasteiger charge is -2.18. The van der Waals surface area contributed by atoms with Crippen molar-refractivity contribution in [1.82, 2.24) is 20.2 Å². The van der Waals surface area contributed by atoms with Crippen molar-refractivity contribution in [2.45, 2.75) is 19.2 Å². The van der Waals surface area contributed by atoms with Crippen molar-refractivity contribution in [3.8, 4) is 0 Å². The Kier molecular flexibility index (Phi) is 4.06. The zero-order valence-electron chi connectivity index (χ0n) is 17.6. The predicted octanol–water partition coefficient (Wildman–Crippen LogP) is 3.91. The van der Waals surface area contributed by atoms with E-state index in [9.17, 15) is 4.79 Å². The zero-order chi connectivity index (χ0) is 21.1. The fraction of sp³-hybridized carbons (Fsp3) is 0.240. The van der Waals surface area contributed by atoms with Crippen LogP contribution in [-0.4, -0.2) is 42.3 Å². The molecule has 2 aromatic heterocycles. The topological polar surface area (TPSA) is 71.1 Å². The molecule has 3 N–H and O–H groups in total. The summed E-state index contributed by atoms with van der Waals surface area (Å²) in [6.45, 7) is 1.99. The van der Waals surface area contributed by atoms with Crippen molar-refractivity contribution in [3.63, 3.8) is 0 Å². The maximum Gasteiger partial charge on any atom is 0.252 e. The first kappa shape index (κ1) is 18.4. The molecule has 156 valence electrons. The molecular weight excluding hydrogens is 388 g/mol. The molecule has 1 aliphatic heterocycles. The summed E-state index contributed by atoms with van der Waals surface area (Å²) in [5, 5.41) is 10.7. The van der Waals surface area contributed by atoms with E-state index in [0.29, 0.717) is 13.1 Å². The van der Waals surface area contributed by atoms with E-state index in [0.717, 1.165) is 61.3 Å². The average molecular weight is 412 g/mol. The third-order valence-electron chi connectivity index (χ3n) is 6.57. The van der Waals surface area contributed by atoms with Crippen LogP contribution in [0.5, 0.6) is 0 Å². The number of benzene rings is 3. The Bertz CT molecular complexity index is 1490. The lowest BCUT2D eigenvalue weighted by atomic mass is 9.97. The van der Waals surface area contributed by atoms with Gasteiger partial charge < -0.3 is 24.9 Å². The highest BCUT2D eigenvalue weighted by Gasteiger charge is 2.31. The molecule has 31 heavy (non-hydrogen) atoms. The number of ether oxygens (including phenoxy) is 1. The standard InChI is InChI=1S/C25H24N4O2/c1-26-11-14(31-2)13-29-19-10-6-4-8-16(19)21-22-17(12-27-25(22)30)20-15-7-3-5-9-18(15)28-23(20)24(21)29/h3-10,14,26,28H,11-13H2,1-2H3,(H,27,30). The van der Waals surface area contributed by atoms with E-state index in [1.54, 1.807) is 7.11 Å². The number of likely N-dealkylation sites (N-methyl/N-ethyl adjacent to an activating group) is 1. The Labute approximate surface area is 179 Å². The smallest absolute Gasteiger partial charge is 0.252 e. The van der Waals surface area contributed by atoms with E-state index >= 15 is 0 Å². The van der Waals surface area contributed by atoms with E-state index in [2.05, 4.69) is 56.6 Å². The van der Waals surface area contributed by atoms with Crippen LogP contribution in [-0.2, 0) is 17.8 Å². The van der Waals surface area contributed by atoms with Gasteiger partial charge in [0.1, 0.15) is 0 Å². The minimum atomic E-state index is 0.00511. The Morgan fingerprint density at radius 3 is 2.68 bits per heavy atom. The monoisotopic (exact) mass is 412 g/mol. The quantitative estimate of drug-likeness (QED) is 0.410. The Balaban J connectivity index is 1.83. The number of aromatic amines is 1. The van der Waals surface area contributed by atoms with E-state index in [4.69, 9.17) is 4.74 Å². The number of nitrogens with zero attached hydrogens (tertiary/aromatic N) is 1. The van der Waals surface area contributed by atoms with Crippen LogP contribution in [0.15, 0.2) is 48.5 Å². The summed E-state index contributed by atoms with van der Waals surface area (Å²) in [6.07, 6.45) is 0.00511. The number of H-pyrrole nitrogens is 1. The highest BCUT2D eigenvalue weighted by molar-refractivity contribution is 6.30. The molecule has 6 nitrogen and oxygen atoms in total. The second-order valence-electron chi connectivity index (χ2n) is 8.22. The zero-order valence-corrected chi connectivity index (χ0v) is 17.6. The van der Waals surface area contributed by atoms with Crippen molar-refractivity contribution >= 4 is 49.5 Å². The molecule has 1 unspecified atom stereocenters. The molecule has 6 heteroatoms. The van der Waals surface area contributed by atoms with E-state index in [-0.39, 0.29) is 12.0 Å². The molecule has 3 aromatic carbocycles. The van der Waals surface area contributed by atoms with E-state index in [1.807, 2.05) is 19.2 Å². The number of carbonyl (C=O) groups excluding carboxylic acids is 1. The van der Waals surface area contributed by atoms with Crippen LogP contribution in [0.3, 0.4) is 0 Å². The van der Waals surface area contributed by atoms with Gasteiger partial charge >= 0.3 is 0 Å².